The molecule has 3 aromatic heterocycles. The summed E-state index contributed by atoms with van der Waals surface area (Å²) in [5.41, 5.74) is 1.72. The van der Waals surface area contributed by atoms with Crippen LogP contribution in [0.3, 0.4) is 0 Å². The highest BCUT2D eigenvalue weighted by Crippen LogP contribution is 2.25. The highest BCUT2D eigenvalue weighted by Gasteiger charge is 2.19. The summed E-state index contributed by atoms with van der Waals surface area (Å²) < 4.78 is 10.3. The topological polar surface area (TPSA) is 86.3 Å². The Morgan fingerprint density at radius 1 is 1.20 bits per heavy atom. The van der Waals surface area contributed by atoms with Gasteiger partial charge in [-0.15, -0.1) is 0 Å². The Labute approximate surface area is 141 Å². The first-order valence-corrected chi connectivity index (χ1v) is 7.87. The van der Waals surface area contributed by atoms with Crippen molar-refractivity contribution >= 4 is 16.9 Å². The molecule has 0 spiro atoms. The molecule has 0 fully saturated rings. The standard InChI is InChI=1S/C17H17N5O3/c1-20-14-13(15(23)19-17(20)24)22-10-12(11-6-4-3-5-7-11)21(8-9-25-2)16(22)18-14/h3-7,10H,8-9H2,1-2H3,(H,19,23,24). The van der Waals surface area contributed by atoms with Gasteiger partial charge in [0.05, 0.1) is 12.3 Å². The van der Waals surface area contributed by atoms with Crippen molar-refractivity contribution in [3.63, 3.8) is 0 Å². The van der Waals surface area contributed by atoms with Crippen LogP contribution in [0.2, 0.25) is 0 Å². The number of imidazole rings is 2. The van der Waals surface area contributed by atoms with Crippen LogP contribution in [0.15, 0.2) is 46.1 Å². The molecule has 0 saturated carbocycles. The van der Waals surface area contributed by atoms with Crippen LogP contribution in [-0.2, 0) is 18.3 Å². The number of aromatic amines is 1. The van der Waals surface area contributed by atoms with Gasteiger partial charge in [-0.25, -0.2) is 4.79 Å². The number of methoxy groups -OCH3 is 1. The maximum atomic E-state index is 12.3. The van der Waals surface area contributed by atoms with Crippen LogP contribution in [0.25, 0.3) is 28.2 Å². The minimum atomic E-state index is -0.482. The highest BCUT2D eigenvalue weighted by molar-refractivity contribution is 5.77. The SMILES string of the molecule is COCCn1c(-c2ccccc2)cn2c3c(=O)[nH]c(=O)n(C)c3nc12. The van der Waals surface area contributed by atoms with Crippen molar-refractivity contribution in [3.8, 4) is 11.3 Å². The zero-order valence-electron chi connectivity index (χ0n) is 13.9. The Hall–Kier alpha value is -3.13. The maximum Gasteiger partial charge on any atom is 0.329 e. The average Bonchev–Trinajstić information content (AvgIpc) is 3.15. The van der Waals surface area contributed by atoms with Gasteiger partial charge in [-0.1, -0.05) is 30.3 Å². The van der Waals surface area contributed by atoms with Crippen LogP contribution in [0.4, 0.5) is 0 Å². The summed E-state index contributed by atoms with van der Waals surface area (Å²) >= 11 is 0. The maximum absolute atomic E-state index is 12.3. The number of aromatic nitrogens is 5. The van der Waals surface area contributed by atoms with Crippen LogP contribution in [-0.4, -0.2) is 37.2 Å². The Balaban J connectivity index is 2.09. The molecule has 0 amide bonds. The van der Waals surface area contributed by atoms with Crippen molar-refractivity contribution in [3.05, 3.63) is 57.4 Å². The molecule has 8 heteroatoms. The molecule has 25 heavy (non-hydrogen) atoms. The second-order valence-corrected chi connectivity index (χ2v) is 5.80. The molecular weight excluding hydrogens is 322 g/mol. The third-order valence-corrected chi connectivity index (χ3v) is 4.30. The van der Waals surface area contributed by atoms with Gasteiger partial charge in [0.25, 0.3) is 5.56 Å². The van der Waals surface area contributed by atoms with E-state index < -0.39 is 11.2 Å². The summed E-state index contributed by atoms with van der Waals surface area (Å²) in [5.74, 6) is 0.595. The van der Waals surface area contributed by atoms with Crippen LogP contribution in [0.1, 0.15) is 0 Å². The second-order valence-electron chi connectivity index (χ2n) is 5.80. The monoisotopic (exact) mass is 339 g/mol. The van der Waals surface area contributed by atoms with Crippen LogP contribution < -0.4 is 11.2 Å². The highest BCUT2D eigenvalue weighted by atomic mass is 16.5. The third kappa shape index (κ3) is 2.30. The fourth-order valence-corrected chi connectivity index (χ4v) is 3.05. The summed E-state index contributed by atoms with van der Waals surface area (Å²) in [5, 5.41) is 0. The molecule has 0 aliphatic rings. The average molecular weight is 339 g/mol. The molecule has 1 aromatic carbocycles. The fraction of sp³-hybridized carbons (Fsp3) is 0.235. The molecule has 0 radical (unpaired) electrons. The molecular formula is C17H17N5O3. The quantitative estimate of drug-likeness (QED) is 0.601. The molecule has 3 heterocycles. The third-order valence-electron chi connectivity index (χ3n) is 4.30. The van der Waals surface area contributed by atoms with E-state index in [0.717, 1.165) is 11.3 Å². The number of nitrogens with zero attached hydrogens (tertiary/aromatic N) is 4. The van der Waals surface area contributed by atoms with E-state index in [1.54, 1.807) is 18.6 Å². The van der Waals surface area contributed by atoms with Gasteiger partial charge in [0, 0.05) is 26.9 Å². The van der Waals surface area contributed by atoms with Crippen LogP contribution in [0.5, 0.6) is 0 Å². The number of fused-ring (bicyclic) bond motifs is 3. The van der Waals surface area contributed by atoms with Gasteiger partial charge in [0.15, 0.2) is 11.2 Å². The lowest BCUT2D eigenvalue weighted by Crippen LogP contribution is -2.28. The number of rotatable bonds is 4. The van der Waals surface area contributed by atoms with Gasteiger partial charge in [-0.3, -0.25) is 18.7 Å². The fourth-order valence-electron chi connectivity index (χ4n) is 3.05. The summed E-state index contributed by atoms with van der Waals surface area (Å²) in [4.78, 5) is 31.0. The Kier molecular flexibility index (Phi) is 3.54. The Morgan fingerprint density at radius 3 is 2.68 bits per heavy atom. The van der Waals surface area contributed by atoms with E-state index in [2.05, 4.69) is 9.97 Å². The predicted molar refractivity (Wildman–Crippen MR) is 93.9 cm³/mol. The molecule has 0 unspecified atom stereocenters. The van der Waals surface area contributed by atoms with Gasteiger partial charge in [0.2, 0.25) is 5.78 Å². The summed E-state index contributed by atoms with van der Waals surface area (Å²) in [7, 11) is 3.23. The lowest BCUT2D eigenvalue weighted by atomic mass is 10.2. The van der Waals surface area contributed by atoms with Gasteiger partial charge < -0.3 is 9.30 Å². The Bertz CT molecular complexity index is 1180. The van der Waals surface area contributed by atoms with E-state index in [-0.39, 0.29) is 0 Å². The molecule has 0 atom stereocenters. The van der Waals surface area contributed by atoms with Crippen LogP contribution in [0, 0.1) is 0 Å². The first-order chi connectivity index (χ1) is 12.1. The minimum Gasteiger partial charge on any atom is -0.383 e. The van der Waals surface area contributed by atoms with Crippen molar-refractivity contribution in [1.29, 1.82) is 0 Å². The van der Waals surface area contributed by atoms with Crippen molar-refractivity contribution in [2.75, 3.05) is 13.7 Å². The summed E-state index contributed by atoms with van der Waals surface area (Å²) in [6.45, 7) is 1.08. The predicted octanol–water partition coefficient (Wildman–Crippen LogP) is 0.989. The van der Waals surface area contributed by atoms with Gasteiger partial charge in [-0.05, 0) is 5.56 Å². The molecule has 4 aromatic rings. The van der Waals surface area contributed by atoms with E-state index in [4.69, 9.17) is 4.74 Å². The van der Waals surface area contributed by atoms with E-state index in [1.807, 2.05) is 41.1 Å². The first-order valence-electron chi connectivity index (χ1n) is 7.87. The minimum absolute atomic E-state index is 0.352. The number of aryl methyl sites for hydroxylation is 1. The zero-order chi connectivity index (χ0) is 17.6. The number of ether oxygens (including phenoxy) is 1. The number of hydrogen-bond acceptors (Lipinski definition) is 4. The molecule has 8 nitrogen and oxygen atoms in total. The second kappa shape index (κ2) is 5.75. The van der Waals surface area contributed by atoms with Gasteiger partial charge in [0.1, 0.15) is 0 Å². The molecule has 0 bridgehead atoms. The lowest BCUT2D eigenvalue weighted by Gasteiger charge is -2.08. The molecule has 0 aliphatic heterocycles. The first kappa shape index (κ1) is 15.4. The van der Waals surface area contributed by atoms with Crippen molar-refractivity contribution < 1.29 is 4.74 Å². The van der Waals surface area contributed by atoms with Crippen molar-refractivity contribution in [1.82, 2.24) is 23.5 Å². The number of hydrogen-bond donors (Lipinski definition) is 1. The van der Waals surface area contributed by atoms with Crippen molar-refractivity contribution in [2.24, 2.45) is 7.05 Å². The summed E-state index contributed by atoms with van der Waals surface area (Å²) in [6, 6.07) is 9.87. The number of nitrogens with one attached hydrogen (secondary N) is 1. The van der Waals surface area contributed by atoms with Gasteiger partial charge >= 0.3 is 5.69 Å². The van der Waals surface area contributed by atoms with Crippen molar-refractivity contribution in [2.45, 2.75) is 6.54 Å². The molecule has 0 saturated heterocycles. The van der Waals surface area contributed by atoms with Crippen LogP contribution >= 0.6 is 0 Å². The van der Waals surface area contributed by atoms with Gasteiger partial charge in [-0.2, -0.15) is 4.98 Å². The normalized spacial score (nSPS) is 11.6. The van der Waals surface area contributed by atoms with E-state index in [0.29, 0.717) is 30.1 Å². The zero-order valence-corrected chi connectivity index (χ0v) is 13.9. The number of benzene rings is 1. The molecule has 128 valence electrons. The summed E-state index contributed by atoms with van der Waals surface area (Å²) in [6.07, 6.45) is 1.87. The smallest absolute Gasteiger partial charge is 0.329 e. The largest absolute Gasteiger partial charge is 0.383 e. The molecule has 1 N–H and O–H groups in total. The lowest BCUT2D eigenvalue weighted by molar-refractivity contribution is 0.188. The molecule has 0 aliphatic carbocycles. The van der Waals surface area contributed by atoms with E-state index in [9.17, 15) is 9.59 Å². The molecule has 4 rings (SSSR count). The van der Waals surface area contributed by atoms with E-state index >= 15 is 0 Å². The Morgan fingerprint density at radius 2 is 1.96 bits per heavy atom. The number of H-pyrrole nitrogens is 1. The van der Waals surface area contributed by atoms with E-state index in [1.165, 1.54) is 4.57 Å².